The van der Waals surface area contributed by atoms with Gasteiger partial charge in [-0.25, -0.2) is 0 Å². The SMILES string of the molecule is CC(C)(C)N1CCC2(CC1)c1cnoc1C[C@H]2N. The fourth-order valence-corrected chi connectivity index (χ4v) is 3.63. The van der Waals surface area contributed by atoms with Crippen molar-refractivity contribution in [1.29, 1.82) is 0 Å². The molecule has 1 fully saturated rings. The Morgan fingerprint density at radius 3 is 2.67 bits per heavy atom. The second-order valence-electron chi connectivity index (χ2n) is 6.79. The van der Waals surface area contributed by atoms with E-state index in [1.165, 1.54) is 5.56 Å². The zero-order valence-corrected chi connectivity index (χ0v) is 11.6. The van der Waals surface area contributed by atoms with E-state index in [1.54, 1.807) is 0 Å². The van der Waals surface area contributed by atoms with E-state index in [2.05, 4.69) is 30.8 Å². The highest BCUT2D eigenvalue weighted by Gasteiger charge is 2.49. The van der Waals surface area contributed by atoms with E-state index in [-0.39, 0.29) is 17.0 Å². The van der Waals surface area contributed by atoms with Crippen LogP contribution in [0, 0.1) is 0 Å². The minimum absolute atomic E-state index is 0.122. The molecule has 0 amide bonds. The zero-order valence-electron chi connectivity index (χ0n) is 11.6. The summed E-state index contributed by atoms with van der Waals surface area (Å²) in [5.41, 5.74) is 8.04. The lowest BCUT2D eigenvalue weighted by Gasteiger charge is -2.46. The molecule has 0 unspecified atom stereocenters. The molecule has 1 saturated heterocycles. The fourth-order valence-electron chi connectivity index (χ4n) is 3.63. The third-order valence-electron chi connectivity index (χ3n) is 4.90. The van der Waals surface area contributed by atoms with Crippen molar-refractivity contribution in [1.82, 2.24) is 10.1 Å². The van der Waals surface area contributed by atoms with Crippen LogP contribution >= 0.6 is 0 Å². The number of hydrogen-bond donors (Lipinski definition) is 1. The predicted octanol–water partition coefficient (Wildman–Crippen LogP) is 1.69. The Balaban J connectivity index is 1.84. The van der Waals surface area contributed by atoms with Gasteiger partial charge >= 0.3 is 0 Å². The topological polar surface area (TPSA) is 55.3 Å². The summed E-state index contributed by atoms with van der Waals surface area (Å²) in [5.74, 6) is 1.02. The smallest absolute Gasteiger partial charge is 0.142 e. The molecule has 0 saturated carbocycles. The van der Waals surface area contributed by atoms with E-state index < -0.39 is 0 Å². The fraction of sp³-hybridized carbons (Fsp3) is 0.786. The first-order chi connectivity index (χ1) is 8.43. The molecule has 2 aliphatic rings. The van der Waals surface area contributed by atoms with Crippen molar-refractivity contribution >= 4 is 0 Å². The van der Waals surface area contributed by atoms with Gasteiger partial charge in [0.15, 0.2) is 0 Å². The van der Waals surface area contributed by atoms with Crippen molar-refractivity contribution < 1.29 is 4.52 Å². The highest BCUT2D eigenvalue weighted by molar-refractivity contribution is 5.36. The highest BCUT2D eigenvalue weighted by atomic mass is 16.5. The Kier molecular flexibility index (Phi) is 2.58. The van der Waals surface area contributed by atoms with Crippen LogP contribution in [0.4, 0.5) is 0 Å². The molecule has 4 nitrogen and oxygen atoms in total. The number of rotatable bonds is 0. The summed E-state index contributed by atoms with van der Waals surface area (Å²) >= 11 is 0. The molecule has 1 aromatic rings. The van der Waals surface area contributed by atoms with E-state index in [9.17, 15) is 0 Å². The van der Waals surface area contributed by atoms with Gasteiger partial charge in [0, 0.05) is 29.0 Å². The molecule has 1 atom stereocenters. The molecule has 1 spiro atoms. The van der Waals surface area contributed by atoms with Gasteiger partial charge in [0.1, 0.15) is 5.76 Å². The molecule has 1 aliphatic carbocycles. The number of likely N-dealkylation sites (tertiary alicyclic amines) is 1. The molecular formula is C14H23N3O. The third kappa shape index (κ3) is 1.62. The molecule has 0 radical (unpaired) electrons. The lowest BCUT2D eigenvalue weighted by atomic mass is 9.71. The van der Waals surface area contributed by atoms with Crippen molar-refractivity contribution in [3.8, 4) is 0 Å². The largest absolute Gasteiger partial charge is 0.361 e. The normalized spacial score (nSPS) is 27.7. The second kappa shape index (κ2) is 3.81. The monoisotopic (exact) mass is 249 g/mol. The number of hydrogen-bond acceptors (Lipinski definition) is 4. The standard InChI is InChI=1S/C14H23N3O/c1-13(2,3)17-6-4-14(5-7-17)10-9-16-18-11(10)8-12(14)15/h9,12H,4-8,15H2,1-3H3/t12-/m1/s1. The van der Waals surface area contributed by atoms with Crippen LogP contribution < -0.4 is 5.73 Å². The maximum absolute atomic E-state index is 6.39. The minimum atomic E-state index is 0.122. The van der Waals surface area contributed by atoms with Gasteiger partial charge in [-0.2, -0.15) is 0 Å². The van der Waals surface area contributed by atoms with Crippen LogP contribution in [0.2, 0.25) is 0 Å². The van der Waals surface area contributed by atoms with Crippen molar-refractivity contribution in [3.63, 3.8) is 0 Å². The van der Waals surface area contributed by atoms with Crippen molar-refractivity contribution in [2.75, 3.05) is 13.1 Å². The van der Waals surface area contributed by atoms with Gasteiger partial charge in [-0.3, -0.25) is 4.90 Å². The van der Waals surface area contributed by atoms with Crippen LogP contribution in [-0.2, 0) is 11.8 Å². The Hall–Kier alpha value is -0.870. The maximum atomic E-state index is 6.39. The van der Waals surface area contributed by atoms with E-state index in [1.807, 2.05) is 6.20 Å². The van der Waals surface area contributed by atoms with Gasteiger partial charge in [-0.15, -0.1) is 0 Å². The minimum Gasteiger partial charge on any atom is -0.361 e. The summed E-state index contributed by atoms with van der Waals surface area (Å²) < 4.78 is 5.32. The Morgan fingerprint density at radius 2 is 2.06 bits per heavy atom. The highest BCUT2D eigenvalue weighted by Crippen LogP contribution is 2.46. The molecule has 2 N–H and O–H groups in total. The summed E-state index contributed by atoms with van der Waals surface area (Å²) in [7, 11) is 0. The quantitative estimate of drug-likeness (QED) is 0.760. The molecular weight excluding hydrogens is 226 g/mol. The molecule has 2 heterocycles. The second-order valence-corrected chi connectivity index (χ2v) is 6.79. The van der Waals surface area contributed by atoms with Gasteiger partial charge in [0.2, 0.25) is 0 Å². The Morgan fingerprint density at radius 1 is 1.39 bits per heavy atom. The molecule has 3 rings (SSSR count). The number of piperidine rings is 1. The molecule has 1 aromatic heterocycles. The summed E-state index contributed by atoms with van der Waals surface area (Å²) in [4.78, 5) is 2.55. The number of nitrogens with zero attached hydrogens (tertiary/aromatic N) is 2. The van der Waals surface area contributed by atoms with Crippen LogP contribution in [0.3, 0.4) is 0 Å². The zero-order chi connectivity index (χ0) is 13.0. The predicted molar refractivity (Wildman–Crippen MR) is 70.4 cm³/mol. The lowest BCUT2D eigenvalue weighted by Crippen LogP contribution is -2.54. The van der Waals surface area contributed by atoms with Crippen LogP contribution in [0.15, 0.2) is 10.7 Å². The molecule has 1 aliphatic heterocycles. The number of aromatic nitrogens is 1. The molecule has 4 heteroatoms. The first-order valence-electron chi connectivity index (χ1n) is 6.88. The van der Waals surface area contributed by atoms with Gasteiger partial charge in [0.25, 0.3) is 0 Å². The summed E-state index contributed by atoms with van der Waals surface area (Å²) in [6.45, 7) is 9.07. The van der Waals surface area contributed by atoms with Gasteiger partial charge < -0.3 is 10.3 Å². The molecule has 0 aromatic carbocycles. The summed E-state index contributed by atoms with van der Waals surface area (Å²) in [6, 6.07) is 0.205. The third-order valence-corrected chi connectivity index (χ3v) is 4.90. The van der Waals surface area contributed by atoms with Crippen molar-refractivity contribution in [3.05, 3.63) is 17.5 Å². The Bertz CT molecular complexity index is 438. The first-order valence-corrected chi connectivity index (χ1v) is 6.88. The lowest BCUT2D eigenvalue weighted by molar-refractivity contribution is 0.0687. The van der Waals surface area contributed by atoms with Gasteiger partial charge in [0.05, 0.1) is 6.20 Å². The summed E-state index contributed by atoms with van der Waals surface area (Å²) in [6.07, 6.45) is 5.00. The number of nitrogens with two attached hydrogens (primary N) is 1. The van der Waals surface area contributed by atoms with E-state index in [0.717, 1.165) is 38.1 Å². The van der Waals surface area contributed by atoms with Crippen LogP contribution in [-0.4, -0.2) is 34.7 Å². The van der Waals surface area contributed by atoms with E-state index in [0.29, 0.717) is 0 Å². The summed E-state index contributed by atoms with van der Waals surface area (Å²) in [5, 5.41) is 3.95. The van der Waals surface area contributed by atoms with Crippen molar-refractivity contribution in [2.45, 2.75) is 57.0 Å². The van der Waals surface area contributed by atoms with Crippen LogP contribution in [0.5, 0.6) is 0 Å². The van der Waals surface area contributed by atoms with Gasteiger partial charge in [-0.1, -0.05) is 5.16 Å². The van der Waals surface area contributed by atoms with E-state index >= 15 is 0 Å². The Labute approximate surface area is 108 Å². The average molecular weight is 249 g/mol. The maximum Gasteiger partial charge on any atom is 0.142 e. The number of fused-ring (bicyclic) bond motifs is 2. The first kappa shape index (κ1) is 12.2. The molecule has 100 valence electrons. The van der Waals surface area contributed by atoms with Gasteiger partial charge in [-0.05, 0) is 46.7 Å². The van der Waals surface area contributed by atoms with Crippen LogP contribution in [0.25, 0.3) is 0 Å². The van der Waals surface area contributed by atoms with E-state index in [4.69, 9.17) is 10.3 Å². The molecule has 0 bridgehead atoms. The molecule has 18 heavy (non-hydrogen) atoms. The average Bonchev–Trinajstić information content (AvgIpc) is 2.83. The van der Waals surface area contributed by atoms with Crippen LogP contribution in [0.1, 0.15) is 44.9 Å². The van der Waals surface area contributed by atoms with Crippen molar-refractivity contribution in [2.24, 2.45) is 5.73 Å².